The summed E-state index contributed by atoms with van der Waals surface area (Å²) in [5.74, 6) is 0.985. The van der Waals surface area contributed by atoms with Crippen LogP contribution in [-0.4, -0.2) is 17.2 Å². The largest absolute Gasteiger partial charge is 0.481 e. The fourth-order valence-corrected chi connectivity index (χ4v) is 2.67. The Labute approximate surface area is 143 Å². The third kappa shape index (κ3) is 4.66. The highest BCUT2D eigenvalue weighted by Crippen LogP contribution is 2.24. The van der Waals surface area contributed by atoms with Gasteiger partial charge in [0.05, 0.1) is 25.0 Å². The van der Waals surface area contributed by atoms with Crippen molar-refractivity contribution < 1.29 is 4.74 Å². The summed E-state index contributed by atoms with van der Waals surface area (Å²) < 4.78 is 5.05. The maximum absolute atomic E-state index is 5.45. The topological polar surface area (TPSA) is 46.2 Å². The van der Waals surface area contributed by atoms with E-state index in [1.54, 1.807) is 19.4 Å². The molecule has 2 rings (SSSR count). The quantitative estimate of drug-likeness (QED) is 0.809. The molecule has 0 bridgehead atoms. The molecule has 122 valence electrons. The van der Waals surface area contributed by atoms with E-state index in [1.165, 1.54) is 11.1 Å². The van der Waals surface area contributed by atoms with Crippen molar-refractivity contribution in [2.75, 3.05) is 12.4 Å². The predicted molar refractivity (Wildman–Crippen MR) is 98.9 cm³/mol. The number of ether oxygens (including phenoxy) is 1. The van der Waals surface area contributed by atoms with Crippen LogP contribution in [0.3, 0.4) is 0 Å². The highest BCUT2D eigenvalue weighted by molar-refractivity contribution is 7.80. The summed E-state index contributed by atoms with van der Waals surface area (Å²) in [5, 5.41) is 7.16. The van der Waals surface area contributed by atoms with Crippen LogP contribution in [0.15, 0.2) is 42.6 Å². The molecule has 0 aliphatic rings. The van der Waals surface area contributed by atoms with Crippen LogP contribution in [0.1, 0.15) is 31.0 Å². The van der Waals surface area contributed by atoms with Crippen LogP contribution in [0.5, 0.6) is 5.88 Å². The molecule has 1 unspecified atom stereocenters. The van der Waals surface area contributed by atoms with E-state index in [9.17, 15) is 0 Å². The van der Waals surface area contributed by atoms with Crippen molar-refractivity contribution in [1.82, 2.24) is 10.3 Å². The van der Waals surface area contributed by atoms with Gasteiger partial charge in [-0.25, -0.2) is 4.98 Å². The molecule has 0 spiro atoms. The molecule has 1 heterocycles. The van der Waals surface area contributed by atoms with Gasteiger partial charge in [-0.3, -0.25) is 0 Å². The van der Waals surface area contributed by atoms with E-state index in [-0.39, 0.29) is 6.04 Å². The third-order valence-corrected chi connectivity index (χ3v) is 3.90. The molecule has 0 amide bonds. The van der Waals surface area contributed by atoms with Crippen LogP contribution >= 0.6 is 12.2 Å². The zero-order valence-corrected chi connectivity index (χ0v) is 14.8. The minimum atomic E-state index is 0.155. The van der Waals surface area contributed by atoms with Gasteiger partial charge in [0.15, 0.2) is 5.11 Å². The Hall–Kier alpha value is -2.14. The summed E-state index contributed by atoms with van der Waals surface area (Å²) in [5.41, 5.74) is 3.35. The Morgan fingerprint density at radius 1 is 1.17 bits per heavy atom. The Kier molecular flexibility index (Phi) is 5.93. The fraction of sp³-hybridized carbons (Fsp3) is 0.333. The molecular formula is C18H23N3OS. The van der Waals surface area contributed by atoms with Crippen molar-refractivity contribution >= 4 is 23.0 Å². The Balaban J connectivity index is 2.07. The first kappa shape index (κ1) is 17.2. The van der Waals surface area contributed by atoms with Crippen LogP contribution in [0.2, 0.25) is 0 Å². The molecule has 0 aliphatic heterocycles. The van der Waals surface area contributed by atoms with Gasteiger partial charge in [0.25, 0.3) is 0 Å². The van der Waals surface area contributed by atoms with E-state index < -0.39 is 0 Å². The standard InChI is InChI=1S/C18H23N3OS/c1-12(2)17(15-8-6-5-7-13(15)3)21-18(23)20-14-9-10-16(22-4)19-11-14/h5-12,17H,1-4H3,(H2,20,21,23). The van der Waals surface area contributed by atoms with Crippen molar-refractivity contribution in [3.05, 3.63) is 53.7 Å². The smallest absolute Gasteiger partial charge is 0.213 e. The van der Waals surface area contributed by atoms with Crippen molar-refractivity contribution in [2.45, 2.75) is 26.8 Å². The number of rotatable bonds is 5. The Morgan fingerprint density at radius 2 is 1.91 bits per heavy atom. The van der Waals surface area contributed by atoms with E-state index in [0.717, 1.165) is 5.69 Å². The second-order valence-electron chi connectivity index (χ2n) is 5.77. The number of anilines is 1. The van der Waals surface area contributed by atoms with E-state index in [0.29, 0.717) is 16.9 Å². The van der Waals surface area contributed by atoms with Gasteiger partial charge in [0.2, 0.25) is 5.88 Å². The molecule has 1 atom stereocenters. The lowest BCUT2D eigenvalue weighted by Crippen LogP contribution is -2.35. The first-order valence-corrected chi connectivity index (χ1v) is 8.05. The number of hydrogen-bond donors (Lipinski definition) is 2. The molecule has 0 saturated heterocycles. The minimum Gasteiger partial charge on any atom is -0.481 e. The second-order valence-corrected chi connectivity index (χ2v) is 6.17. The molecule has 23 heavy (non-hydrogen) atoms. The third-order valence-electron chi connectivity index (χ3n) is 3.68. The van der Waals surface area contributed by atoms with Gasteiger partial charge in [-0.05, 0) is 42.3 Å². The SMILES string of the molecule is COc1ccc(NC(=S)NC(c2ccccc2C)C(C)C)cn1. The molecule has 0 radical (unpaired) electrons. The summed E-state index contributed by atoms with van der Waals surface area (Å²) in [6.45, 7) is 6.49. The zero-order chi connectivity index (χ0) is 16.8. The molecule has 1 aromatic carbocycles. The van der Waals surface area contributed by atoms with Crippen LogP contribution in [0.4, 0.5) is 5.69 Å². The van der Waals surface area contributed by atoms with Gasteiger partial charge in [-0.1, -0.05) is 38.1 Å². The normalized spacial score (nSPS) is 11.9. The monoisotopic (exact) mass is 329 g/mol. The van der Waals surface area contributed by atoms with Gasteiger partial charge in [0, 0.05) is 6.07 Å². The van der Waals surface area contributed by atoms with E-state index in [4.69, 9.17) is 17.0 Å². The molecular weight excluding hydrogens is 306 g/mol. The second kappa shape index (κ2) is 7.92. The molecule has 4 nitrogen and oxygen atoms in total. The average molecular weight is 329 g/mol. The van der Waals surface area contributed by atoms with Gasteiger partial charge in [-0.15, -0.1) is 0 Å². The number of nitrogens with zero attached hydrogens (tertiary/aromatic N) is 1. The fourth-order valence-electron chi connectivity index (χ4n) is 2.42. The number of aryl methyl sites for hydroxylation is 1. The highest BCUT2D eigenvalue weighted by atomic mass is 32.1. The Morgan fingerprint density at radius 3 is 2.48 bits per heavy atom. The number of benzene rings is 1. The number of nitrogens with one attached hydrogen (secondary N) is 2. The van der Waals surface area contributed by atoms with E-state index in [1.807, 2.05) is 6.07 Å². The lowest BCUT2D eigenvalue weighted by atomic mass is 9.93. The maximum Gasteiger partial charge on any atom is 0.213 e. The van der Waals surface area contributed by atoms with Crippen LogP contribution in [0, 0.1) is 12.8 Å². The maximum atomic E-state index is 5.45. The molecule has 2 N–H and O–H groups in total. The van der Waals surface area contributed by atoms with Crippen LogP contribution in [0.25, 0.3) is 0 Å². The number of thiocarbonyl (C=S) groups is 1. The number of pyridine rings is 1. The zero-order valence-electron chi connectivity index (χ0n) is 14.0. The summed E-state index contributed by atoms with van der Waals surface area (Å²) >= 11 is 5.45. The number of aromatic nitrogens is 1. The first-order chi connectivity index (χ1) is 11.0. The van der Waals surface area contributed by atoms with Crippen molar-refractivity contribution in [3.63, 3.8) is 0 Å². The molecule has 1 aromatic heterocycles. The van der Waals surface area contributed by atoms with Gasteiger partial charge in [0.1, 0.15) is 0 Å². The molecule has 2 aromatic rings. The molecule has 0 saturated carbocycles. The van der Waals surface area contributed by atoms with Crippen molar-refractivity contribution in [3.8, 4) is 5.88 Å². The van der Waals surface area contributed by atoms with E-state index >= 15 is 0 Å². The summed E-state index contributed by atoms with van der Waals surface area (Å²) in [7, 11) is 1.59. The number of methoxy groups -OCH3 is 1. The first-order valence-electron chi connectivity index (χ1n) is 7.64. The summed E-state index contributed by atoms with van der Waals surface area (Å²) in [6, 6.07) is 12.2. The molecule has 0 fully saturated rings. The lowest BCUT2D eigenvalue weighted by molar-refractivity contribution is 0.398. The van der Waals surface area contributed by atoms with Crippen molar-refractivity contribution in [1.29, 1.82) is 0 Å². The van der Waals surface area contributed by atoms with Gasteiger partial charge < -0.3 is 15.4 Å². The highest BCUT2D eigenvalue weighted by Gasteiger charge is 2.18. The average Bonchev–Trinajstić information content (AvgIpc) is 2.54. The molecule has 5 heteroatoms. The Bertz CT molecular complexity index is 656. The summed E-state index contributed by atoms with van der Waals surface area (Å²) in [4.78, 5) is 4.16. The molecule has 0 aliphatic carbocycles. The lowest BCUT2D eigenvalue weighted by Gasteiger charge is -2.26. The van der Waals surface area contributed by atoms with Gasteiger partial charge in [-0.2, -0.15) is 0 Å². The summed E-state index contributed by atoms with van der Waals surface area (Å²) in [6.07, 6.45) is 1.70. The van der Waals surface area contributed by atoms with Crippen LogP contribution < -0.4 is 15.4 Å². The van der Waals surface area contributed by atoms with E-state index in [2.05, 4.69) is 60.7 Å². The van der Waals surface area contributed by atoms with Crippen LogP contribution in [-0.2, 0) is 0 Å². The predicted octanol–water partition coefficient (Wildman–Crippen LogP) is 4.08. The minimum absolute atomic E-state index is 0.155. The number of hydrogen-bond acceptors (Lipinski definition) is 3. The van der Waals surface area contributed by atoms with Crippen molar-refractivity contribution in [2.24, 2.45) is 5.92 Å². The van der Waals surface area contributed by atoms with Gasteiger partial charge >= 0.3 is 0 Å².